The van der Waals surface area contributed by atoms with Crippen molar-refractivity contribution in [2.45, 2.75) is 26.3 Å². The Morgan fingerprint density at radius 3 is 2.80 bits per heavy atom. The third-order valence-corrected chi connectivity index (χ3v) is 3.38. The lowest BCUT2D eigenvalue weighted by Crippen LogP contribution is -2.45. The summed E-state index contributed by atoms with van der Waals surface area (Å²) in [4.78, 5) is 25.2. The summed E-state index contributed by atoms with van der Waals surface area (Å²) in [6.45, 7) is 3.96. The average molecular weight is 211 g/mol. The maximum atomic E-state index is 11.9. The van der Waals surface area contributed by atoms with E-state index in [-0.39, 0.29) is 42.1 Å². The van der Waals surface area contributed by atoms with Gasteiger partial charge >= 0.3 is 0 Å². The van der Waals surface area contributed by atoms with E-state index >= 15 is 0 Å². The van der Waals surface area contributed by atoms with E-state index in [9.17, 15) is 9.59 Å². The average Bonchev–Trinajstić information content (AvgIpc) is 2.91. The van der Waals surface area contributed by atoms with Gasteiger partial charge in [-0.25, -0.2) is 0 Å². The van der Waals surface area contributed by atoms with E-state index in [4.69, 9.17) is 5.11 Å². The number of carbonyl (C=O) groups excluding carboxylic acids is 2. The number of hydrogen-bond acceptors (Lipinski definition) is 3. The van der Waals surface area contributed by atoms with Crippen LogP contribution < -0.4 is 0 Å². The summed E-state index contributed by atoms with van der Waals surface area (Å²) in [5.41, 5.74) is 0. The molecular weight excluding hydrogens is 194 g/mol. The highest BCUT2D eigenvalue weighted by Crippen LogP contribution is 2.51. The van der Waals surface area contributed by atoms with Crippen LogP contribution in [-0.2, 0) is 9.59 Å². The van der Waals surface area contributed by atoms with Crippen LogP contribution in [0, 0.1) is 17.8 Å². The quantitative estimate of drug-likeness (QED) is 0.715. The minimum absolute atomic E-state index is 0.0386. The zero-order valence-corrected chi connectivity index (χ0v) is 9.14. The number of aliphatic hydroxyl groups excluding tert-OH is 1. The zero-order valence-electron chi connectivity index (χ0n) is 9.14. The van der Waals surface area contributed by atoms with Crippen molar-refractivity contribution in [3.8, 4) is 0 Å². The summed E-state index contributed by atoms with van der Waals surface area (Å²) in [7, 11) is 0. The van der Waals surface area contributed by atoms with E-state index in [2.05, 4.69) is 0 Å². The number of hydrogen-bond donors (Lipinski definition) is 1. The highest BCUT2D eigenvalue weighted by Gasteiger charge is 2.60. The molecule has 84 valence electrons. The largest absolute Gasteiger partial charge is 0.395 e. The molecule has 4 nitrogen and oxygen atoms in total. The van der Waals surface area contributed by atoms with Crippen molar-refractivity contribution in [2.24, 2.45) is 17.8 Å². The second kappa shape index (κ2) is 3.59. The molecule has 1 saturated heterocycles. The second-order valence-corrected chi connectivity index (χ2v) is 4.76. The number of ketones is 1. The van der Waals surface area contributed by atoms with Gasteiger partial charge in [0, 0.05) is 18.4 Å². The molecule has 0 bridgehead atoms. The molecule has 2 rings (SSSR count). The van der Waals surface area contributed by atoms with Gasteiger partial charge < -0.3 is 10.0 Å². The second-order valence-electron chi connectivity index (χ2n) is 4.76. The Labute approximate surface area is 89.3 Å². The lowest BCUT2D eigenvalue weighted by atomic mass is 9.98. The van der Waals surface area contributed by atoms with Crippen molar-refractivity contribution in [2.75, 3.05) is 13.2 Å². The van der Waals surface area contributed by atoms with Crippen LogP contribution in [-0.4, -0.2) is 40.9 Å². The van der Waals surface area contributed by atoms with Crippen molar-refractivity contribution in [3.05, 3.63) is 0 Å². The molecular formula is C11H17NO3. The Hall–Kier alpha value is -0.900. The number of amides is 1. The van der Waals surface area contributed by atoms with E-state index in [1.54, 1.807) is 4.90 Å². The molecule has 4 heteroatoms. The van der Waals surface area contributed by atoms with Gasteiger partial charge in [-0.2, -0.15) is 0 Å². The Morgan fingerprint density at radius 1 is 1.60 bits per heavy atom. The van der Waals surface area contributed by atoms with Crippen LogP contribution in [0.5, 0.6) is 0 Å². The molecule has 1 amide bonds. The molecule has 0 spiro atoms. The van der Waals surface area contributed by atoms with Crippen LogP contribution in [0.4, 0.5) is 0 Å². The van der Waals surface area contributed by atoms with Gasteiger partial charge in [-0.1, -0.05) is 13.8 Å². The maximum Gasteiger partial charge on any atom is 0.226 e. The van der Waals surface area contributed by atoms with Crippen LogP contribution >= 0.6 is 0 Å². The van der Waals surface area contributed by atoms with Crippen molar-refractivity contribution in [1.82, 2.24) is 4.90 Å². The Bertz CT molecular complexity index is 300. The highest BCUT2D eigenvalue weighted by atomic mass is 16.3. The molecule has 0 unspecified atom stereocenters. The molecule has 0 aromatic heterocycles. The van der Waals surface area contributed by atoms with Crippen LogP contribution in [0.25, 0.3) is 0 Å². The van der Waals surface area contributed by atoms with E-state index in [1.165, 1.54) is 0 Å². The van der Waals surface area contributed by atoms with E-state index in [0.29, 0.717) is 6.54 Å². The van der Waals surface area contributed by atoms with Gasteiger partial charge in [0.25, 0.3) is 0 Å². The van der Waals surface area contributed by atoms with Gasteiger partial charge in [-0.15, -0.1) is 0 Å². The van der Waals surface area contributed by atoms with Crippen LogP contribution in [0.2, 0.25) is 0 Å². The Balaban J connectivity index is 2.14. The van der Waals surface area contributed by atoms with Gasteiger partial charge in [0.15, 0.2) is 5.78 Å². The van der Waals surface area contributed by atoms with E-state index < -0.39 is 0 Å². The third kappa shape index (κ3) is 1.57. The summed E-state index contributed by atoms with van der Waals surface area (Å²) < 4.78 is 0. The lowest BCUT2D eigenvalue weighted by molar-refractivity contribution is -0.138. The van der Waals surface area contributed by atoms with Crippen LogP contribution in [0.3, 0.4) is 0 Å². The fraction of sp³-hybridized carbons (Fsp3) is 0.818. The highest BCUT2D eigenvalue weighted by molar-refractivity contribution is 5.97. The fourth-order valence-corrected chi connectivity index (χ4v) is 2.49. The van der Waals surface area contributed by atoms with Gasteiger partial charge in [0.05, 0.1) is 12.6 Å². The third-order valence-electron chi connectivity index (χ3n) is 3.38. The molecule has 1 aliphatic heterocycles. The number of piperidine rings is 1. The van der Waals surface area contributed by atoms with Gasteiger partial charge in [-0.05, 0) is 12.3 Å². The number of rotatable bonds is 4. The molecule has 0 aromatic rings. The Kier molecular flexibility index (Phi) is 2.54. The molecule has 0 aromatic carbocycles. The summed E-state index contributed by atoms with van der Waals surface area (Å²) in [5.74, 6) is 0.474. The fourth-order valence-electron chi connectivity index (χ4n) is 2.49. The maximum absolute atomic E-state index is 11.9. The minimum atomic E-state index is -0.255. The number of β-amino-alcohol motifs (C(OH)–C–C–N with tert-alkyl or cyclic N) is 1. The van der Waals surface area contributed by atoms with Crippen molar-refractivity contribution >= 4 is 11.7 Å². The monoisotopic (exact) mass is 211 g/mol. The molecule has 3 atom stereocenters. The molecule has 2 aliphatic rings. The molecule has 1 saturated carbocycles. The molecule has 1 heterocycles. The number of fused-ring (bicyclic) bond motifs is 1. The van der Waals surface area contributed by atoms with Gasteiger partial charge in [0.1, 0.15) is 0 Å². The standard InChI is InChI=1S/C11H17NO3/c1-6(2)10(14)9-7-5-8(7)11(15)12(9)3-4-13/h6-9,13H,3-5H2,1-2H3/t7-,8+,9-/m0/s1. The normalized spacial score (nSPS) is 33.5. The van der Waals surface area contributed by atoms with Gasteiger partial charge in [0.2, 0.25) is 5.91 Å². The number of Topliss-reactive ketones (excluding diaryl/α,β-unsaturated/α-hetero) is 1. The van der Waals surface area contributed by atoms with Crippen molar-refractivity contribution in [3.63, 3.8) is 0 Å². The molecule has 2 fully saturated rings. The molecule has 1 N–H and O–H groups in total. The predicted molar refractivity (Wildman–Crippen MR) is 54.0 cm³/mol. The first-order valence-electron chi connectivity index (χ1n) is 5.53. The zero-order chi connectivity index (χ0) is 11.2. The number of carbonyl (C=O) groups is 2. The molecule has 15 heavy (non-hydrogen) atoms. The predicted octanol–water partition coefficient (Wildman–Crippen LogP) is 0.0507. The SMILES string of the molecule is CC(C)C(=O)[C@@H]1[C@H]2C[C@H]2C(=O)N1CCO. The summed E-state index contributed by atoms with van der Waals surface area (Å²) >= 11 is 0. The molecule has 1 aliphatic carbocycles. The van der Waals surface area contributed by atoms with E-state index in [0.717, 1.165) is 6.42 Å². The first-order valence-corrected chi connectivity index (χ1v) is 5.53. The first kappa shape index (κ1) is 10.6. The topological polar surface area (TPSA) is 57.6 Å². The lowest BCUT2D eigenvalue weighted by Gasteiger charge is -2.27. The van der Waals surface area contributed by atoms with Crippen molar-refractivity contribution in [1.29, 1.82) is 0 Å². The van der Waals surface area contributed by atoms with Gasteiger partial charge in [-0.3, -0.25) is 9.59 Å². The number of nitrogens with zero attached hydrogens (tertiary/aromatic N) is 1. The number of likely N-dealkylation sites (tertiary alicyclic amines) is 1. The van der Waals surface area contributed by atoms with Crippen molar-refractivity contribution < 1.29 is 14.7 Å². The Morgan fingerprint density at radius 2 is 2.27 bits per heavy atom. The van der Waals surface area contributed by atoms with Crippen LogP contribution in [0.1, 0.15) is 20.3 Å². The van der Waals surface area contributed by atoms with E-state index in [1.807, 2.05) is 13.8 Å². The summed E-state index contributed by atoms with van der Waals surface area (Å²) in [5, 5.41) is 8.88. The summed E-state index contributed by atoms with van der Waals surface area (Å²) in [6.07, 6.45) is 0.865. The summed E-state index contributed by atoms with van der Waals surface area (Å²) in [6, 6.07) is -0.255. The smallest absolute Gasteiger partial charge is 0.226 e. The van der Waals surface area contributed by atoms with Crippen LogP contribution in [0.15, 0.2) is 0 Å². The first-order chi connectivity index (χ1) is 7.07. The minimum Gasteiger partial charge on any atom is -0.395 e. The molecule has 0 radical (unpaired) electrons. The number of aliphatic hydroxyl groups is 1.